The number of halogens is 1. The largest absolute Gasteiger partial charge is 0.259 e. The number of pyridine rings is 1. The fourth-order valence-corrected chi connectivity index (χ4v) is 2.62. The number of hydrogen-bond donors (Lipinski definition) is 1. The molecule has 0 aliphatic carbocycles. The van der Waals surface area contributed by atoms with E-state index < -0.39 is 10.0 Å². The standard InChI is InChI=1S/C8H11ClN2O2S/c1-6(2)11-14(12,13)8-7(9)4-3-5-10-8/h3-6,11H,1-2H3. The number of rotatable bonds is 3. The van der Waals surface area contributed by atoms with Crippen LogP contribution >= 0.6 is 11.6 Å². The maximum atomic E-state index is 11.6. The Morgan fingerprint density at radius 2 is 2.14 bits per heavy atom. The molecular formula is C8H11ClN2O2S. The average molecular weight is 235 g/mol. The Kier molecular flexibility index (Phi) is 3.47. The molecule has 0 fully saturated rings. The van der Waals surface area contributed by atoms with Crippen LogP contribution < -0.4 is 4.72 Å². The fourth-order valence-electron chi connectivity index (χ4n) is 0.935. The molecule has 1 heterocycles. The Morgan fingerprint density at radius 1 is 1.50 bits per heavy atom. The molecule has 0 atom stereocenters. The quantitative estimate of drug-likeness (QED) is 0.861. The second-order valence-electron chi connectivity index (χ2n) is 3.07. The molecule has 0 aliphatic heterocycles. The lowest BCUT2D eigenvalue weighted by Gasteiger charge is -2.09. The van der Waals surface area contributed by atoms with Gasteiger partial charge in [-0.1, -0.05) is 11.6 Å². The lowest BCUT2D eigenvalue weighted by atomic mass is 10.4. The highest BCUT2D eigenvalue weighted by molar-refractivity contribution is 7.89. The summed E-state index contributed by atoms with van der Waals surface area (Å²) in [5.41, 5.74) is 0. The molecule has 0 aromatic carbocycles. The predicted molar refractivity (Wildman–Crippen MR) is 54.7 cm³/mol. The molecule has 1 aromatic rings. The summed E-state index contributed by atoms with van der Waals surface area (Å²) in [4.78, 5) is 3.72. The molecule has 6 heteroatoms. The predicted octanol–water partition coefficient (Wildman–Crippen LogP) is 1.42. The second-order valence-corrected chi connectivity index (χ2v) is 5.10. The van der Waals surface area contributed by atoms with E-state index in [9.17, 15) is 8.42 Å². The number of aromatic nitrogens is 1. The Bertz CT molecular complexity index is 417. The van der Waals surface area contributed by atoms with Crippen LogP contribution in [0.1, 0.15) is 13.8 Å². The van der Waals surface area contributed by atoms with E-state index in [1.54, 1.807) is 19.9 Å². The molecular weight excluding hydrogens is 224 g/mol. The molecule has 0 saturated heterocycles. The van der Waals surface area contributed by atoms with E-state index in [4.69, 9.17) is 11.6 Å². The van der Waals surface area contributed by atoms with Gasteiger partial charge in [-0.15, -0.1) is 0 Å². The van der Waals surface area contributed by atoms with E-state index in [0.29, 0.717) is 0 Å². The highest BCUT2D eigenvalue weighted by Gasteiger charge is 2.19. The number of hydrogen-bond acceptors (Lipinski definition) is 3. The first-order chi connectivity index (χ1) is 6.43. The Hall–Kier alpha value is -0.650. The van der Waals surface area contributed by atoms with Crippen LogP contribution in [0.3, 0.4) is 0 Å². The van der Waals surface area contributed by atoms with Crippen molar-refractivity contribution in [3.8, 4) is 0 Å². The van der Waals surface area contributed by atoms with Crippen molar-refractivity contribution in [1.82, 2.24) is 9.71 Å². The van der Waals surface area contributed by atoms with Gasteiger partial charge in [0.05, 0.1) is 5.02 Å². The van der Waals surface area contributed by atoms with E-state index in [1.165, 1.54) is 12.3 Å². The lowest BCUT2D eigenvalue weighted by Crippen LogP contribution is -2.31. The summed E-state index contributed by atoms with van der Waals surface area (Å²) in [6.45, 7) is 3.46. The van der Waals surface area contributed by atoms with E-state index in [1.807, 2.05) is 0 Å². The van der Waals surface area contributed by atoms with Crippen molar-refractivity contribution in [2.45, 2.75) is 24.9 Å². The minimum absolute atomic E-state index is 0.126. The Morgan fingerprint density at radius 3 is 2.64 bits per heavy atom. The van der Waals surface area contributed by atoms with Crippen LogP contribution in [0.15, 0.2) is 23.4 Å². The topological polar surface area (TPSA) is 59.1 Å². The highest BCUT2D eigenvalue weighted by atomic mass is 35.5. The second kappa shape index (κ2) is 4.25. The van der Waals surface area contributed by atoms with Gasteiger partial charge in [-0.05, 0) is 26.0 Å². The summed E-state index contributed by atoms with van der Waals surface area (Å²) >= 11 is 5.71. The molecule has 0 bridgehead atoms. The van der Waals surface area contributed by atoms with Gasteiger partial charge < -0.3 is 0 Å². The molecule has 1 rings (SSSR count). The molecule has 0 unspecified atom stereocenters. The molecule has 4 nitrogen and oxygen atoms in total. The van der Waals surface area contributed by atoms with Crippen LogP contribution in [-0.2, 0) is 10.0 Å². The third-order valence-corrected chi connectivity index (χ3v) is 3.40. The van der Waals surface area contributed by atoms with E-state index in [-0.39, 0.29) is 16.1 Å². The van der Waals surface area contributed by atoms with Gasteiger partial charge in [0, 0.05) is 12.2 Å². The smallest absolute Gasteiger partial charge is 0.242 e. The molecule has 78 valence electrons. The minimum Gasteiger partial charge on any atom is -0.242 e. The zero-order valence-electron chi connectivity index (χ0n) is 7.86. The van der Waals surface area contributed by atoms with Crippen LogP contribution in [0.4, 0.5) is 0 Å². The van der Waals surface area contributed by atoms with Crippen molar-refractivity contribution in [2.75, 3.05) is 0 Å². The first kappa shape index (κ1) is 11.4. The molecule has 14 heavy (non-hydrogen) atoms. The summed E-state index contributed by atoms with van der Waals surface area (Å²) < 4.78 is 25.6. The summed E-state index contributed by atoms with van der Waals surface area (Å²) in [5.74, 6) is 0. The van der Waals surface area contributed by atoms with Crippen molar-refractivity contribution < 1.29 is 8.42 Å². The molecule has 1 aromatic heterocycles. The van der Waals surface area contributed by atoms with Crippen molar-refractivity contribution in [3.05, 3.63) is 23.4 Å². The van der Waals surface area contributed by atoms with Gasteiger partial charge in [-0.3, -0.25) is 0 Å². The number of nitrogens with zero attached hydrogens (tertiary/aromatic N) is 1. The zero-order valence-corrected chi connectivity index (χ0v) is 9.43. The van der Waals surface area contributed by atoms with Gasteiger partial charge in [0.15, 0.2) is 5.03 Å². The van der Waals surface area contributed by atoms with Crippen LogP contribution in [0.5, 0.6) is 0 Å². The summed E-state index contributed by atoms with van der Waals surface area (Å²) in [6.07, 6.45) is 1.39. The number of sulfonamides is 1. The number of nitrogens with one attached hydrogen (secondary N) is 1. The third-order valence-electron chi connectivity index (χ3n) is 1.37. The van der Waals surface area contributed by atoms with Gasteiger partial charge in [0.2, 0.25) is 0 Å². The maximum absolute atomic E-state index is 11.6. The molecule has 0 saturated carbocycles. The van der Waals surface area contributed by atoms with Crippen LogP contribution in [0, 0.1) is 0 Å². The van der Waals surface area contributed by atoms with E-state index in [0.717, 1.165) is 0 Å². The summed E-state index contributed by atoms with van der Waals surface area (Å²) in [5, 5.41) is -0.00369. The Balaban J connectivity index is 3.11. The van der Waals surface area contributed by atoms with Gasteiger partial charge in [0.25, 0.3) is 10.0 Å². The van der Waals surface area contributed by atoms with Crippen molar-refractivity contribution in [2.24, 2.45) is 0 Å². The van der Waals surface area contributed by atoms with E-state index >= 15 is 0 Å². The van der Waals surface area contributed by atoms with Crippen LogP contribution in [0.25, 0.3) is 0 Å². The average Bonchev–Trinajstić information content (AvgIpc) is 2.02. The molecule has 0 spiro atoms. The fraction of sp³-hybridized carbons (Fsp3) is 0.375. The van der Waals surface area contributed by atoms with Crippen molar-refractivity contribution >= 4 is 21.6 Å². The highest BCUT2D eigenvalue weighted by Crippen LogP contribution is 2.17. The van der Waals surface area contributed by atoms with Gasteiger partial charge in [0.1, 0.15) is 0 Å². The summed E-state index contributed by atoms with van der Waals surface area (Å²) in [6, 6.07) is 2.89. The van der Waals surface area contributed by atoms with Crippen LogP contribution in [0.2, 0.25) is 5.02 Å². The first-order valence-electron chi connectivity index (χ1n) is 4.06. The first-order valence-corrected chi connectivity index (χ1v) is 5.92. The zero-order chi connectivity index (χ0) is 10.8. The van der Waals surface area contributed by atoms with Gasteiger partial charge >= 0.3 is 0 Å². The van der Waals surface area contributed by atoms with Crippen molar-refractivity contribution in [3.63, 3.8) is 0 Å². The van der Waals surface area contributed by atoms with E-state index in [2.05, 4.69) is 9.71 Å². The monoisotopic (exact) mass is 234 g/mol. The molecule has 1 N–H and O–H groups in total. The molecule has 0 radical (unpaired) electrons. The normalized spacial score (nSPS) is 12.0. The maximum Gasteiger partial charge on any atom is 0.259 e. The van der Waals surface area contributed by atoms with Crippen LogP contribution in [-0.4, -0.2) is 19.4 Å². The molecule has 0 amide bonds. The Labute approximate surface area is 88.4 Å². The minimum atomic E-state index is -3.58. The van der Waals surface area contributed by atoms with Gasteiger partial charge in [-0.25, -0.2) is 18.1 Å². The van der Waals surface area contributed by atoms with Crippen molar-refractivity contribution in [1.29, 1.82) is 0 Å². The summed E-state index contributed by atoms with van der Waals surface area (Å²) in [7, 11) is -3.58. The lowest BCUT2D eigenvalue weighted by molar-refractivity contribution is 0.566. The molecule has 0 aliphatic rings. The van der Waals surface area contributed by atoms with Gasteiger partial charge in [-0.2, -0.15) is 0 Å². The SMILES string of the molecule is CC(C)NS(=O)(=O)c1ncccc1Cl. The third kappa shape index (κ3) is 2.67.